The highest BCUT2D eigenvalue weighted by Gasteiger charge is 1.78. The topological polar surface area (TPSA) is 63.3 Å². The van der Waals surface area contributed by atoms with Crippen molar-refractivity contribution in [1.29, 1.82) is 0 Å². The van der Waals surface area contributed by atoms with Crippen LogP contribution in [0.3, 0.4) is 0 Å². The van der Waals surface area contributed by atoms with Crippen LogP contribution in [-0.4, -0.2) is 11.5 Å². The summed E-state index contributed by atoms with van der Waals surface area (Å²) in [4.78, 5) is 9.62. The lowest BCUT2D eigenvalue weighted by Crippen LogP contribution is -1.75. The fraction of sp³-hybridized carbons (Fsp3) is 0.500. The summed E-state index contributed by atoms with van der Waals surface area (Å²) in [5.74, 6) is 3.99. The Labute approximate surface area is 55.1 Å². The Kier molecular flexibility index (Phi) is 12.8. The van der Waals surface area contributed by atoms with E-state index < -0.39 is 0 Å². The van der Waals surface area contributed by atoms with E-state index in [1.54, 1.807) is 0 Å². The molecule has 0 radical (unpaired) electrons. The van der Waals surface area contributed by atoms with Gasteiger partial charge in [-0.3, -0.25) is 4.79 Å². The van der Waals surface area contributed by atoms with Gasteiger partial charge >= 0.3 is 0 Å². The molecule has 0 aromatic carbocycles. The highest BCUT2D eigenvalue weighted by molar-refractivity contribution is 5.64. The summed E-state index contributed by atoms with van der Waals surface area (Å²) in [6, 6.07) is 0. The average molecular weight is 131 g/mol. The Morgan fingerprint density at radius 3 is 2.00 bits per heavy atom. The molecule has 0 saturated carbocycles. The number of hydrogen-bond acceptors (Lipinski definition) is 3. The van der Waals surface area contributed by atoms with Gasteiger partial charge in [0.15, 0.2) is 0 Å². The third kappa shape index (κ3) is 18.8. The van der Waals surface area contributed by atoms with Crippen molar-refractivity contribution in [2.45, 2.75) is 13.8 Å². The minimum Gasteiger partial charge on any atom is -0.320 e. The predicted molar refractivity (Wildman–Crippen MR) is 36.0 cm³/mol. The summed E-state index contributed by atoms with van der Waals surface area (Å²) < 4.78 is 0. The fourth-order valence-corrected chi connectivity index (χ4v) is 0.268. The summed E-state index contributed by atoms with van der Waals surface area (Å²) in [7, 11) is 0. The van der Waals surface area contributed by atoms with Crippen LogP contribution < -0.4 is 5.90 Å². The lowest BCUT2D eigenvalue weighted by Gasteiger charge is -1.86. The van der Waals surface area contributed by atoms with E-state index in [0.29, 0.717) is 5.92 Å². The van der Waals surface area contributed by atoms with Gasteiger partial charge in [-0.15, -0.1) is 0 Å². The molecule has 3 N–H and O–H groups in total. The molecule has 0 saturated heterocycles. The van der Waals surface area contributed by atoms with Crippen LogP contribution in [-0.2, 0) is 4.79 Å². The molecule has 54 valence electrons. The van der Waals surface area contributed by atoms with Gasteiger partial charge < -0.3 is 5.21 Å². The third-order valence-corrected chi connectivity index (χ3v) is 0.575. The summed E-state index contributed by atoms with van der Waals surface area (Å²) in [5.41, 5.74) is 0. The third-order valence-electron chi connectivity index (χ3n) is 0.575. The SMILES string of the molecule is CC(C)C=CC=O.NO. The van der Waals surface area contributed by atoms with Gasteiger partial charge in [0.1, 0.15) is 6.29 Å². The Morgan fingerprint density at radius 2 is 1.89 bits per heavy atom. The van der Waals surface area contributed by atoms with E-state index in [1.165, 1.54) is 6.08 Å². The Balaban J connectivity index is 0. The number of rotatable bonds is 2. The molecule has 3 heteroatoms. The Morgan fingerprint density at radius 1 is 1.44 bits per heavy atom. The zero-order valence-corrected chi connectivity index (χ0v) is 5.74. The van der Waals surface area contributed by atoms with Crippen molar-refractivity contribution >= 4 is 6.29 Å². The fourth-order valence-electron chi connectivity index (χ4n) is 0.268. The second-order valence-corrected chi connectivity index (χ2v) is 1.76. The molecule has 0 unspecified atom stereocenters. The molecule has 0 aromatic rings. The van der Waals surface area contributed by atoms with Crippen LogP contribution >= 0.6 is 0 Å². The van der Waals surface area contributed by atoms with Gasteiger partial charge in [-0.1, -0.05) is 19.9 Å². The van der Waals surface area contributed by atoms with Crippen molar-refractivity contribution in [1.82, 2.24) is 0 Å². The lowest BCUT2D eigenvalue weighted by molar-refractivity contribution is -0.104. The first-order valence-corrected chi connectivity index (χ1v) is 2.65. The molecule has 0 spiro atoms. The van der Waals surface area contributed by atoms with E-state index in [9.17, 15) is 4.79 Å². The molecule has 0 atom stereocenters. The molecule has 9 heavy (non-hydrogen) atoms. The number of carbonyl (C=O) groups excluding carboxylic acids is 1. The number of carbonyl (C=O) groups is 1. The summed E-state index contributed by atoms with van der Waals surface area (Å²) in [5, 5.41) is 6.50. The smallest absolute Gasteiger partial charge is 0.142 e. The molecular weight excluding hydrogens is 118 g/mol. The Bertz CT molecular complexity index is 79.1. The predicted octanol–water partition coefficient (Wildman–Crippen LogP) is 0.732. The monoisotopic (exact) mass is 131 g/mol. The van der Waals surface area contributed by atoms with Gasteiger partial charge in [0.05, 0.1) is 0 Å². The van der Waals surface area contributed by atoms with E-state index in [1.807, 2.05) is 19.9 Å². The standard InChI is InChI=1S/C6H10O.H3NO/c1-6(2)4-3-5-7;1-2/h3-6H,1-2H3;2H,1H2. The maximum Gasteiger partial charge on any atom is 0.142 e. The molecule has 0 fully saturated rings. The first kappa shape index (κ1) is 11.2. The molecule has 0 heterocycles. The van der Waals surface area contributed by atoms with Crippen molar-refractivity contribution in [3.05, 3.63) is 12.2 Å². The highest BCUT2D eigenvalue weighted by atomic mass is 16.4. The van der Waals surface area contributed by atoms with E-state index in [4.69, 9.17) is 5.21 Å². The normalized spacial score (nSPS) is 9.00. The minimum absolute atomic E-state index is 0.491. The zero-order chi connectivity index (χ0) is 7.70. The van der Waals surface area contributed by atoms with Gasteiger partial charge in [0.2, 0.25) is 0 Å². The summed E-state index contributed by atoms with van der Waals surface area (Å²) >= 11 is 0. The average Bonchev–Trinajstić information content (AvgIpc) is 1.88. The van der Waals surface area contributed by atoms with Crippen LogP contribution in [0.2, 0.25) is 0 Å². The number of hydrogen-bond donors (Lipinski definition) is 2. The molecular formula is C6H13NO2. The molecule has 0 amide bonds. The van der Waals surface area contributed by atoms with Gasteiger partial charge in [0.25, 0.3) is 0 Å². The minimum atomic E-state index is 0.491. The van der Waals surface area contributed by atoms with Gasteiger partial charge in [-0.25, -0.2) is 5.90 Å². The van der Waals surface area contributed by atoms with E-state index in [2.05, 4.69) is 5.90 Å². The van der Waals surface area contributed by atoms with Crippen molar-refractivity contribution in [3.8, 4) is 0 Å². The van der Waals surface area contributed by atoms with Gasteiger partial charge in [0, 0.05) is 0 Å². The van der Waals surface area contributed by atoms with Crippen LogP contribution in [0.1, 0.15) is 13.8 Å². The molecule has 0 rings (SSSR count). The highest BCUT2D eigenvalue weighted by Crippen LogP contribution is 1.90. The van der Waals surface area contributed by atoms with Crippen molar-refractivity contribution in [3.63, 3.8) is 0 Å². The largest absolute Gasteiger partial charge is 0.320 e. The van der Waals surface area contributed by atoms with Crippen molar-refractivity contribution < 1.29 is 10.0 Å². The first-order valence-electron chi connectivity index (χ1n) is 2.65. The van der Waals surface area contributed by atoms with E-state index in [-0.39, 0.29) is 0 Å². The van der Waals surface area contributed by atoms with Crippen molar-refractivity contribution in [2.24, 2.45) is 11.8 Å². The van der Waals surface area contributed by atoms with E-state index in [0.717, 1.165) is 6.29 Å². The van der Waals surface area contributed by atoms with Gasteiger partial charge in [-0.05, 0) is 12.0 Å². The molecule has 0 aliphatic carbocycles. The maximum atomic E-state index is 9.62. The van der Waals surface area contributed by atoms with Gasteiger partial charge in [-0.2, -0.15) is 0 Å². The molecule has 0 aromatic heterocycles. The molecule has 3 nitrogen and oxygen atoms in total. The number of allylic oxidation sites excluding steroid dienone is 2. The van der Waals surface area contributed by atoms with Crippen molar-refractivity contribution in [2.75, 3.05) is 0 Å². The van der Waals surface area contributed by atoms with Crippen LogP contribution in [0, 0.1) is 5.92 Å². The summed E-state index contributed by atoms with van der Waals surface area (Å²) in [6.07, 6.45) is 4.16. The van der Waals surface area contributed by atoms with Crippen LogP contribution in [0.15, 0.2) is 12.2 Å². The maximum absolute atomic E-state index is 9.62. The molecule has 0 bridgehead atoms. The molecule has 0 aliphatic heterocycles. The van der Waals surface area contributed by atoms with E-state index >= 15 is 0 Å². The summed E-state index contributed by atoms with van der Waals surface area (Å²) in [6.45, 7) is 4.06. The lowest BCUT2D eigenvalue weighted by atomic mass is 10.2. The van der Waals surface area contributed by atoms with Crippen LogP contribution in [0.4, 0.5) is 0 Å². The van der Waals surface area contributed by atoms with Crippen LogP contribution in [0.5, 0.6) is 0 Å². The number of nitrogens with two attached hydrogens (primary N) is 1. The quantitative estimate of drug-likeness (QED) is 0.330. The Hall–Kier alpha value is -0.670. The zero-order valence-electron chi connectivity index (χ0n) is 5.74. The molecule has 0 aliphatic rings. The first-order chi connectivity index (χ1) is 4.27. The van der Waals surface area contributed by atoms with Crippen LogP contribution in [0.25, 0.3) is 0 Å². The second-order valence-electron chi connectivity index (χ2n) is 1.76. The second kappa shape index (κ2) is 10.3. The number of aldehydes is 1.